The molecule has 0 heterocycles. The van der Waals surface area contributed by atoms with E-state index in [9.17, 15) is 14.5 Å². The molecule has 5 heteroatoms. The topological polar surface area (TPSA) is 66.4 Å². The number of benzene rings is 3. The smallest absolute Gasteiger partial charge is 0.204 e. The zero-order chi connectivity index (χ0) is 22.4. The maximum atomic E-state index is 14.6. The molecule has 0 aliphatic heterocycles. The Morgan fingerprint density at radius 1 is 0.781 bits per heavy atom. The molecular formula is C27H30NO3P. The first-order valence-corrected chi connectivity index (χ1v) is 13.1. The zero-order valence-corrected chi connectivity index (χ0v) is 19.0. The number of nitrogens with one attached hydrogen (secondary N) is 1. The number of aliphatic hydroxyl groups excluding tert-OH is 1. The van der Waals surface area contributed by atoms with Crippen LogP contribution in [0.5, 0.6) is 0 Å². The van der Waals surface area contributed by atoms with Crippen molar-refractivity contribution < 1.29 is 14.5 Å². The molecule has 1 fully saturated rings. The van der Waals surface area contributed by atoms with Crippen molar-refractivity contribution in [1.29, 1.82) is 0 Å². The van der Waals surface area contributed by atoms with Gasteiger partial charge in [0.05, 0.1) is 0 Å². The molecule has 0 bridgehead atoms. The van der Waals surface area contributed by atoms with E-state index in [-0.39, 0.29) is 11.7 Å². The van der Waals surface area contributed by atoms with Crippen molar-refractivity contribution in [2.75, 3.05) is 0 Å². The lowest BCUT2D eigenvalue weighted by Gasteiger charge is -2.36. The first-order valence-electron chi connectivity index (χ1n) is 11.4. The monoisotopic (exact) mass is 447 g/mol. The fourth-order valence-corrected chi connectivity index (χ4v) is 7.20. The average molecular weight is 448 g/mol. The molecular weight excluding hydrogens is 417 g/mol. The fraction of sp³-hybridized carbons (Fsp3) is 0.296. The molecule has 3 aromatic carbocycles. The highest BCUT2D eigenvalue weighted by atomic mass is 31.2. The molecule has 32 heavy (non-hydrogen) atoms. The molecule has 0 saturated heterocycles. The van der Waals surface area contributed by atoms with Gasteiger partial charge in [-0.15, -0.1) is 0 Å². The van der Waals surface area contributed by atoms with Crippen molar-refractivity contribution in [2.24, 2.45) is 5.92 Å². The third kappa shape index (κ3) is 4.94. The van der Waals surface area contributed by atoms with Gasteiger partial charge < -0.3 is 5.11 Å². The van der Waals surface area contributed by atoms with Crippen LogP contribution < -0.4 is 15.7 Å². The third-order valence-corrected chi connectivity index (χ3v) is 9.11. The van der Waals surface area contributed by atoms with Crippen LogP contribution >= 0.6 is 7.29 Å². The molecule has 0 amide bonds. The second-order valence-electron chi connectivity index (χ2n) is 8.51. The lowest BCUT2D eigenvalue weighted by molar-refractivity contribution is 0.0582. The van der Waals surface area contributed by atoms with Crippen LogP contribution in [0.3, 0.4) is 0 Å². The van der Waals surface area contributed by atoms with Gasteiger partial charge >= 0.3 is 0 Å². The lowest BCUT2D eigenvalue weighted by atomic mass is 9.81. The van der Waals surface area contributed by atoms with E-state index in [1.54, 1.807) is 24.3 Å². The summed E-state index contributed by atoms with van der Waals surface area (Å²) in [6.45, 7) is 0. The van der Waals surface area contributed by atoms with Gasteiger partial charge in [-0.3, -0.25) is 14.4 Å². The Balaban J connectivity index is 1.74. The predicted molar refractivity (Wildman–Crippen MR) is 130 cm³/mol. The normalized spacial score (nSPS) is 16.9. The summed E-state index contributed by atoms with van der Waals surface area (Å²) in [7, 11) is -3.29. The molecule has 0 radical (unpaired) electrons. The number of ketones is 1. The molecule has 1 aliphatic rings. The molecule has 2 atom stereocenters. The molecule has 3 aromatic rings. The predicted octanol–water partition coefficient (Wildman–Crippen LogP) is 4.70. The van der Waals surface area contributed by atoms with Crippen molar-refractivity contribution in [3.63, 3.8) is 0 Å². The van der Waals surface area contributed by atoms with E-state index in [4.69, 9.17) is 0 Å². The summed E-state index contributed by atoms with van der Waals surface area (Å²) in [6, 6.07) is 26.9. The third-order valence-electron chi connectivity index (χ3n) is 6.40. The van der Waals surface area contributed by atoms with Gasteiger partial charge in [-0.2, -0.15) is 0 Å². The number of carbonyl (C=O) groups excluding carboxylic acids is 1. The molecule has 2 N–H and O–H groups in total. The molecule has 166 valence electrons. The summed E-state index contributed by atoms with van der Waals surface area (Å²) in [5, 5.41) is 16.0. The molecule has 4 nitrogen and oxygen atoms in total. The standard InChI is InChI=1S/C27H30NO3P/c29-26(22-15-7-2-8-16-22)27(30)25(21-13-5-1-6-14-21)28-32(31,23-17-9-3-10-18-23)24-19-11-4-12-20-24/h2-4,7-12,15-21,25,27,30H,1,5-6,13-14H2,(H,28,31)/t25-,27-/m0/s1. The Bertz CT molecular complexity index is 1010. The quantitative estimate of drug-likeness (QED) is 0.388. The highest BCUT2D eigenvalue weighted by Crippen LogP contribution is 2.42. The van der Waals surface area contributed by atoms with Crippen molar-refractivity contribution >= 4 is 23.7 Å². The molecule has 0 aromatic heterocycles. The minimum absolute atomic E-state index is 0.0761. The van der Waals surface area contributed by atoms with E-state index in [1.165, 1.54) is 0 Å². The highest BCUT2D eigenvalue weighted by Gasteiger charge is 2.39. The number of aliphatic hydroxyl groups is 1. The summed E-state index contributed by atoms with van der Waals surface area (Å²) >= 11 is 0. The van der Waals surface area contributed by atoms with Crippen LogP contribution in [-0.2, 0) is 4.57 Å². The fourth-order valence-electron chi connectivity index (χ4n) is 4.65. The second-order valence-corrected chi connectivity index (χ2v) is 11.0. The van der Waals surface area contributed by atoms with Crippen LogP contribution in [0.15, 0.2) is 91.0 Å². The van der Waals surface area contributed by atoms with E-state index < -0.39 is 19.4 Å². The van der Waals surface area contributed by atoms with Crippen LogP contribution in [0.25, 0.3) is 0 Å². The van der Waals surface area contributed by atoms with Gasteiger partial charge in [-0.1, -0.05) is 86.0 Å². The van der Waals surface area contributed by atoms with E-state index in [0.29, 0.717) is 16.2 Å². The zero-order valence-electron chi connectivity index (χ0n) is 18.1. The molecule has 0 spiro atoms. The van der Waals surface area contributed by atoms with Crippen LogP contribution in [0.2, 0.25) is 0 Å². The summed E-state index contributed by atoms with van der Waals surface area (Å²) in [5.74, 6) is -0.256. The maximum absolute atomic E-state index is 14.6. The number of hydrogen-bond donors (Lipinski definition) is 2. The number of Topliss-reactive ketones (excluding diaryl/α,β-unsaturated/α-hetero) is 1. The SMILES string of the molecule is O=C(c1ccccc1)[C@@H](O)[C@@H](NP(=O)(c1ccccc1)c1ccccc1)C1CCCCC1. The maximum Gasteiger partial charge on any atom is 0.204 e. The van der Waals surface area contributed by atoms with Crippen molar-refractivity contribution in [1.82, 2.24) is 5.09 Å². The Morgan fingerprint density at radius 3 is 1.75 bits per heavy atom. The van der Waals surface area contributed by atoms with Crippen molar-refractivity contribution in [3.8, 4) is 0 Å². The van der Waals surface area contributed by atoms with Gasteiger partial charge in [0, 0.05) is 22.2 Å². The van der Waals surface area contributed by atoms with Crippen LogP contribution in [0.4, 0.5) is 0 Å². The Hall–Kier alpha value is -2.52. The molecule has 4 rings (SSSR count). The van der Waals surface area contributed by atoms with E-state index in [2.05, 4.69) is 5.09 Å². The lowest BCUT2D eigenvalue weighted by Crippen LogP contribution is -2.50. The Kier molecular flexibility index (Phi) is 7.36. The van der Waals surface area contributed by atoms with Gasteiger partial charge in [-0.05, 0) is 43.0 Å². The Labute approximate surface area is 190 Å². The second kappa shape index (κ2) is 10.4. The summed E-state index contributed by atoms with van der Waals surface area (Å²) in [6.07, 6.45) is 3.79. The van der Waals surface area contributed by atoms with Gasteiger partial charge in [0.25, 0.3) is 0 Å². The van der Waals surface area contributed by atoms with Crippen LogP contribution in [0.1, 0.15) is 42.5 Å². The van der Waals surface area contributed by atoms with E-state index in [0.717, 1.165) is 32.1 Å². The number of rotatable bonds is 8. The first kappa shape index (κ1) is 22.7. The Morgan fingerprint density at radius 2 is 1.25 bits per heavy atom. The van der Waals surface area contributed by atoms with Gasteiger partial charge in [0.2, 0.25) is 7.29 Å². The largest absolute Gasteiger partial charge is 0.383 e. The molecule has 1 aliphatic carbocycles. The summed E-state index contributed by atoms with van der Waals surface area (Å²) in [4.78, 5) is 13.2. The van der Waals surface area contributed by atoms with Gasteiger partial charge in [-0.25, -0.2) is 0 Å². The summed E-state index contributed by atoms with van der Waals surface area (Å²) < 4.78 is 14.6. The first-order chi connectivity index (χ1) is 15.6. The minimum Gasteiger partial charge on any atom is -0.383 e. The molecule has 0 unspecified atom stereocenters. The van der Waals surface area contributed by atoms with Crippen molar-refractivity contribution in [2.45, 2.75) is 44.2 Å². The number of carbonyl (C=O) groups is 1. The van der Waals surface area contributed by atoms with Crippen molar-refractivity contribution in [3.05, 3.63) is 96.6 Å². The molecule has 1 saturated carbocycles. The van der Waals surface area contributed by atoms with E-state index in [1.807, 2.05) is 66.7 Å². The van der Waals surface area contributed by atoms with Gasteiger partial charge in [0.15, 0.2) is 5.78 Å². The minimum atomic E-state index is -3.29. The number of hydrogen-bond acceptors (Lipinski definition) is 3. The van der Waals surface area contributed by atoms with Crippen LogP contribution in [-0.4, -0.2) is 23.0 Å². The van der Waals surface area contributed by atoms with Gasteiger partial charge in [0.1, 0.15) is 6.10 Å². The van der Waals surface area contributed by atoms with Crippen LogP contribution in [0, 0.1) is 5.92 Å². The average Bonchev–Trinajstić information content (AvgIpc) is 2.88. The highest BCUT2D eigenvalue weighted by molar-refractivity contribution is 7.76. The van der Waals surface area contributed by atoms with E-state index >= 15 is 0 Å². The summed E-state index contributed by atoms with van der Waals surface area (Å²) in [5.41, 5.74) is 0.469.